The molecule has 0 aliphatic rings. The van der Waals surface area contributed by atoms with Crippen LogP contribution in [0.3, 0.4) is 0 Å². The maximum atomic E-state index is 3.76. The maximum Gasteiger partial charge on any atom is 0.0270 e. The van der Waals surface area contributed by atoms with Crippen molar-refractivity contribution < 1.29 is 0 Å². The first-order valence-corrected chi connectivity index (χ1v) is 8.98. The van der Waals surface area contributed by atoms with Gasteiger partial charge in [-0.25, -0.2) is 0 Å². The van der Waals surface area contributed by atoms with Crippen molar-refractivity contribution in [2.45, 2.75) is 20.4 Å². The van der Waals surface area contributed by atoms with Crippen molar-refractivity contribution in [1.29, 1.82) is 0 Å². The van der Waals surface area contributed by atoms with Gasteiger partial charge in [0.05, 0.1) is 0 Å². The number of nitrogens with one attached hydrogen (secondary N) is 1. The average molecular weight is 336 g/mol. The lowest BCUT2D eigenvalue weighted by Gasteiger charge is -1.98. The predicted molar refractivity (Wildman–Crippen MR) is 109 cm³/mol. The number of benzene rings is 2. The highest BCUT2D eigenvalue weighted by Gasteiger charge is 1.99. The van der Waals surface area contributed by atoms with Gasteiger partial charge in [0.1, 0.15) is 0 Å². The number of rotatable bonds is 4. The molecule has 0 saturated carbocycles. The second kappa shape index (κ2) is 9.21. The van der Waals surface area contributed by atoms with Crippen LogP contribution in [-0.2, 0) is 6.54 Å². The minimum atomic E-state index is 0.959. The van der Waals surface area contributed by atoms with Crippen LogP contribution in [0, 0.1) is 13.8 Å². The first-order valence-electron chi connectivity index (χ1n) is 8.10. The molecule has 3 rings (SSSR count). The third-order valence-corrected chi connectivity index (χ3v) is 4.64. The summed E-state index contributed by atoms with van der Waals surface area (Å²) in [6.07, 6.45) is 1.89. The molecule has 24 heavy (non-hydrogen) atoms. The molecule has 0 aliphatic carbocycles. The molecule has 0 atom stereocenters. The largest absolute Gasteiger partial charge is 0.316 e. The fourth-order valence-electron chi connectivity index (χ4n) is 2.27. The van der Waals surface area contributed by atoms with Gasteiger partial charge in [0, 0.05) is 11.4 Å². The lowest BCUT2D eigenvalue weighted by atomic mass is 10.1. The van der Waals surface area contributed by atoms with Crippen LogP contribution in [0.4, 0.5) is 0 Å². The number of thiophene rings is 1. The first kappa shape index (κ1) is 18.2. The van der Waals surface area contributed by atoms with Crippen LogP contribution in [0.25, 0.3) is 17.2 Å². The highest BCUT2D eigenvalue weighted by atomic mass is 32.1. The molecule has 1 nitrogen and oxygen atoms in total. The molecule has 1 aromatic heterocycles. The predicted octanol–water partition coefficient (Wildman–Crippen LogP) is 6.08. The molecule has 0 saturated heterocycles. The Labute approximate surface area is 149 Å². The summed E-state index contributed by atoms with van der Waals surface area (Å²) < 4.78 is 0. The number of hydrogen-bond acceptors (Lipinski definition) is 2. The highest BCUT2D eigenvalue weighted by molar-refractivity contribution is 7.11. The van der Waals surface area contributed by atoms with Gasteiger partial charge in [0.25, 0.3) is 0 Å². The monoisotopic (exact) mass is 335 g/mol. The molecule has 0 radical (unpaired) electrons. The Morgan fingerprint density at radius 3 is 2.00 bits per heavy atom. The van der Waals surface area contributed by atoms with E-state index in [1.165, 1.54) is 32.7 Å². The van der Waals surface area contributed by atoms with Crippen molar-refractivity contribution in [2.75, 3.05) is 7.05 Å². The fourth-order valence-corrected chi connectivity index (χ4v) is 3.03. The van der Waals surface area contributed by atoms with E-state index in [0.29, 0.717) is 0 Å². The molecule has 1 N–H and O–H groups in total. The number of hydrogen-bond donors (Lipinski definition) is 1. The van der Waals surface area contributed by atoms with Crippen molar-refractivity contribution in [1.82, 2.24) is 5.32 Å². The average Bonchev–Trinajstić information content (AvgIpc) is 3.08. The molecule has 0 bridgehead atoms. The molecule has 1 heterocycles. The van der Waals surface area contributed by atoms with Crippen molar-refractivity contribution in [2.24, 2.45) is 0 Å². The van der Waals surface area contributed by atoms with E-state index in [2.05, 4.69) is 85.7 Å². The lowest BCUT2D eigenvalue weighted by molar-refractivity contribution is 0.817. The standard InChI is InChI=1S/C13H12S.C9H13N/c1-3-13-8-12(9-14-13)11-6-4-10(2)5-7-11;1-8-3-5-9(6-4-8)7-10-2/h3-9H,1H2,2H3;3-6,10H,7H2,1-2H3. The van der Waals surface area contributed by atoms with Crippen LogP contribution in [0.1, 0.15) is 21.6 Å². The Hall–Kier alpha value is -2.16. The quantitative estimate of drug-likeness (QED) is 0.609. The Bertz CT molecular complexity index is 751. The minimum Gasteiger partial charge on any atom is -0.316 e. The van der Waals surface area contributed by atoms with E-state index in [9.17, 15) is 0 Å². The number of aryl methyl sites for hydroxylation is 2. The van der Waals surface area contributed by atoms with Gasteiger partial charge in [0.2, 0.25) is 0 Å². The Balaban J connectivity index is 0.000000185. The third-order valence-electron chi connectivity index (χ3n) is 3.71. The summed E-state index contributed by atoms with van der Waals surface area (Å²) in [6, 6.07) is 19.3. The zero-order valence-corrected chi connectivity index (χ0v) is 15.5. The van der Waals surface area contributed by atoms with Crippen LogP contribution in [0.15, 0.2) is 66.6 Å². The van der Waals surface area contributed by atoms with Gasteiger partial charge >= 0.3 is 0 Å². The zero-order chi connectivity index (χ0) is 17.4. The van der Waals surface area contributed by atoms with E-state index in [1.54, 1.807) is 11.3 Å². The Morgan fingerprint density at radius 1 is 0.917 bits per heavy atom. The van der Waals surface area contributed by atoms with Gasteiger partial charge in [-0.2, -0.15) is 0 Å². The van der Waals surface area contributed by atoms with Gasteiger partial charge < -0.3 is 5.32 Å². The topological polar surface area (TPSA) is 12.0 Å². The smallest absolute Gasteiger partial charge is 0.0270 e. The van der Waals surface area contributed by atoms with Gasteiger partial charge in [-0.15, -0.1) is 11.3 Å². The molecule has 0 aliphatic heterocycles. The van der Waals surface area contributed by atoms with E-state index < -0.39 is 0 Å². The maximum absolute atomic E-state index is 3.76. The molecule has 2 heteroatoms. The first-order chi connectivity index (χ1) is 11.6. The molecule has 3 aromatic rings. The fraction of sp³-hybridized carbons (Fsp3) is 0.182. The molecule has 0 amide bonds. The summed E-state index contributed by atoms with van der Waals surface area (Å²) in [6.45, 7) is 8.93. The molecule has 0 fully saturated rings. The Kier molecular flexibility index (Phi) is 6.98. The minimum absolute atomic E-state index is 0.959. The lowest BCUT2D eigenvalue weighted by Crippen LogP contribution is -2.04. The van der Waals surface area contributed by atoms with E-state index in [-0.39, 0.29) is 0 Å². The van der Waals surface area contributed by atoms with Gasteiger partial charge in [0.15, 0.2) is 0 Å². The summed E-state index contributed by atoms with van der Waals surface area (Å²) in [5.74, 6) is 0. The highest BCUT2D eigenvalue weighted by Crippen LogP contribution is 2.26. The van der Waals surface area contributed by atoms with E-state index in [4.69, 9.17) is 0 Å². The van der Waals surface area contributed by atoms with Crippen LogP contribution in [0.5, 0.6) is 0 Å². The van der Waals surface area contributed by atoms with Crippen LogP contribution < -0.4 is 5.32 Å². The molecular weight excluding hydrogens is 310 g/mol. The molecule has 0 unspecified atom stereocenters. The normalized spacial score (nSPS) is 9.96. The van der Waals surface area contributed by atoms with Crippen LogP contribution >= 0.6 is 11.3 Å². The van der Waals surface area contributed by atoms with E-state index in [0.717, 1.165) is 6.54 Å². The van der Waals surface area contributed by atoms with Crippen LogP contribution in [-0.4, -0.2) is 7.05 Å². The summed E-state index contributed by atoms with van der Waals surface area (Å²) in [5.41, 5.74) is 6.52. The summed E-state index contributed by atoms with van der Waals surface area (Å²) >= 11 is 1.73. The van der Waals surface area contributed by atoms with E-state index in [1.807, 2.05) is 13.1 Å². The molecule has 0 spiro atoms. The zero-order valence-electron chi connectivity index (χ0n) is 14.7. The van der Waals surface area contributed by atoms with Gasteiger partial charge in [-0.05, 0) is 49.0 Å². The van der Waals surface area contributed by atoms with Gasteiger partial charge in [-0.3, -0.25) is 0 Å². The second-order valence-electron chi connectivity index (χ2n) is 5.82. The van der Waals surface area contributed by atoms with Crippen molar-refractivity contribution in [3.05, 3.63) is 88.1 Å². The summed E-state index contributed by atoms with van der Waals surface area (Å²) in [5, 5.41) is 5.27. The third kappa shape index (κ3) is 5.48. The van der Waals surface area contributed by atoms with E-state index >= 15 is 0 Å². The summed E-state index contributed by atoms with van der Waals surface area (Å²) in [7, 11) is 1.96. The van der Waals surface area contributed by atoms with Crippen LogP contribution in [0.2, 0.25) is 0 Å². The second-order valence-corrected chi connectivity index (χ2v) is 6.77. The van der Waals surface area contributed by atoms with Crippen molar-refractivity contribution in [3.8, 4) is 11.1 Å². The van der Waals surface area contributed by atoms with Crippen molar-refractivity contribution in [3.63, 3.8) is 0 Å². The molecule has 2 aromatic carbocycles. The summed E-state index contributed by atoms with van der Waals surface area (Å²) in [4.78, 5) is 1.22. The SMILES string of the molecule is C=Cc1cc(-c2ccc(C)cc2)cs1.CNCc1ccc(C)cc1. The van der Waals surface area contributed by atoms with Gasteiger partial charge in [-0.1, -0.05) is 72.3 Å². The molecule has 124 valence electrons. The van der Waals surface area contributed by atoms with Crippen molar-refractivity contribution >= 4 is 17.4 Å². The Morgan fingerprint density at radius 2 is 1.50 bits per heavy atom. The molecular formula is C22H25NS.